The van der Waals surface area contributed by atoms with Crippen molar-refractivity contribution in [3.8, 4) is 5.75 Å². The van der Waals surface area contributed by atoms with E-state index >= 15 is 4.39 Å². The summed E-state index contributed by atoms with van der Waals surface area (Å²) in [5.41, 5.74) is 0.684. The van der Waals surface area contributed by atoms with Crippen LogP contribution in [0, 0.1) is 17.6 Å². The van der Waals surface area contributed by atoms with Crippen LogP contribution in [0.4, 0.5) is 8.78 Å². The van der Waals surface area contributed by atoms with Crippen LogP contribution in [0.3, 0.4) is 0 Å². The summed E-state index contributed by atoms with van der Waals surface area (Å²) in [5, 5.41) is 0.386. The van der Waals surface area contributed by atoms with Gasteiger partial charge in [0, 0.05) is 10.9 Å². The van der Waals surface area contributed by atoms with Gasteiger partial charge in [0.2, 0.25) is 0 Å². The highest BCUT2D eigenvalue weighted by Crippen LogP contribution is 2.57. The number of hydrogen-bond acceptors (Lipinski definition) is 4. The second-order valence-electron chi connectivity index (χ2n) is 7.30. The minimum absolute atomic E-state index is 0.0163. The minimum atomic E-state index is -4.10. The van der Waals surface area contributed by atoms with Crippen molar-refractivity contribution in [2.24, 2.45) is 5.92 Å². The Balaban J connectivity index is 1.99. The van der Waals surface area contributed by atoms with Crippen molar-refractivity contribution in [2.45, 2.75) is 28.9 Å². The Bertz CT molecular complexity index is 1080. The van der Waals surface area contributed by atoms with Gasteiger partial charge in [0.25, 0.3) is 0 Å². The van der Waals surface area contributed by atoms with Crippen LogP contribution in [0.1, 0.15) is 24.8 Å². The van der Waals surface area contributed by atoms with Crippen LogP contribution < -0.4 is 4.74 Å². The predicted octanol–water partition coefficient (Wildman–Crippen LogP) is 5.01. The van der Waals surface area contributed by atoms with Gasteiger partial charge in [-0.1, -0.05) is 11.6 Å². The van der Waals surface area contributed by atoms with E-state index in [2.05, 4.69) is 0 Å². The van der Waals surface area contributed by atoms with Gasteiger partial charge in [-0.05, 0) is 61.2 Å². The zero-order chi connectivity index (χ0) is 20.8. The van der Waals surface area contributed by atoms with Gasteiger partial charge in [-0.15, -0.1) is 0 Å². The lowest BCUT2D eigenvalue weighted by atomic mass is 9.71. The Morgan fingerprint density at radius 1 is 1.17 bits per heavy atom. The van der Waals surface area contributed by atoms with E-state index in [9.17, 15) is 12.8 Å². The lowest BCUT2D eigenvalue weighted by Gasteiger charge is -2.47. The Hall–Kier alpha value is -2.12. The molecule has 0 bridgehead atoms. The highest BCUT2D eigenvalue weighted by atomic mass is 35.5. The second kappa shape index (κ2) is 7.29. The molecule has 1 heterocycles. The molecule has 0 radical (unpaired) electrons. The fourth-order valence-electron chi connectivity index (χ4n) is 4.49. The third-order valence-corrected chi connectivity index (χ3v) is 8.63. The van der Waals surface area contributed by atoms with Crippen molar-refractivity contribution in [1.29, 1.82) is 0 Å². The van der Waals surface area contributed by atoms with Gasteiger partial charge in [-0.25, -0.2) is 17.2 Å². The van der Waals surface area contributed by atoms with Crippen LogP contribution in [0.2, 0.25) is 5.02 Å². The number of rotatable bonds is 3. The van der Waals surface area contributed by atoms with Crippen LogP contribution in [0.5, 0.6) is 5.75 Å². The molecule has 1 fully saturated rings. The van der Waals surface area contributed by atoms with Crippen LogP contribution in [0.25, 0.3) is 0 Å². The molecule has 154 valence electrons. The van der Waals surface area contributed by atoms with Gasteiger partial charge in [-0.2, -0.15) is 0 Å². The number of methoxy groups -OCH3 is 1. The summed E-state index contributed by atoms with van der Waals surface area (Å²) in [6.07, 6.45) is 2.40. The Morgan fingerprint density at radius 2 is 1.86 bits per heavy atom. The Morgan fingerprint density at radius 3 is 2.55 bits per heavy atom. The van der Waals surface area contributed by atoms with Gasteiger partial charge >= 0.3 is 0 Å². The van der Waals surface area contributed by atoms with Crippen molar-refractivity contribution in [1.82, 2.24) is 0 Å². The molecule has 2 aliphatic rings. The molecule has 1 aliphatic carbocycles. The van der Waals surface area contributed by atoms with Crippen molar-refractivity contribution in [3.63, 3.8) is 0 Å². The zero-order valence-electron chi connectivity index (χ0n) is 15.6. The summed E-state index contributed by atoms with van der Waals surface area (Å²) in [7, 11) is -2.59. The van der Waals surface area contributed by atoms with Crippen LogP contribution in [0.15, 0.2) is 53.1 Å². The lowest BCUT2D eigenvalue weighted by Crippen LogP contribution is -2.51. The zero-order valence-corrected chi connectivity index (χ0v) is 17.2. The van der Waals surface area contributed by atoms with E-state index in [1.54, 1.807) is 6.26 Å². The molecule has 2 atom stereocenters. The molecule has 0 aromatic heterocycles. The maximum atomic E-state index is 15.1. The van der Waals surface area contributed by atoms with E-state index in [1.165, 1.54) is 31.4 Å². The summed E-state index contributed by atoms with van der Waals surface area (Å²) in [4.78, 5) is 0.0163. The van der Waals surface area contributed by atoms with E-state index in [0.717, 1.165) is 17.7 Å². The highest BCUT2D eigenvalue weighted by Gasteiger charge is 2.59. The van der Waals surface area contributed by atoms with E-state index in [-0.39, 0.29) is 29.2 Å². The third-order valence-electron chi connectivity index (χ3n) is 5.78. The Kier molecular flexibility index (Phi) is 5.07. The minimum Gasteiger partial charge on any atom is -0.504 e. The monoisotopic (exact) mass is 440 g/mol. The molecule has 0 saturated heterocycles. The van der Waals surface area contributed by atoms with Gasteiger partial charge in [0.05, 0.1) is 30.4 Å². The topological polar surface area (TPSA) is 52.6 Å². The first-order valence-corrected chi connectivity index (χ1v) is 11.0. The quantitative estimate of drug-likeness (QED) is 0.629. The normalized spacial score (nSPS) is 25.1. The first kappa shape index (κ1) is 20.2. The van der Waals surface area contributed by atoms with E-state index in [1.807, 2.05) is 0 Å². The van der Waals surface area contributed by atoms with Gasteiger partial charge < -0.3 is 9.47 Å². The SMILES string of the molecule is COC=C1CC[C@@]2(S(=O)(=O)c3ccc(Cl)cc3)c3c(F)ccc(F)c3OC[C@H]2C1. The lowest BCUT2D eigenvalue weighted by molar-refractivity contribution is 0.139. The van der Waals surface area contributed by atoms with Crippen molar-refractivity contribution in [3.05, 3.63) is 70.5 Å². The first-order valence-electron chi connectivity index (χ1n) is 9.13. The first-order chi connectivity index (χ1) is 13.8. The summed E-state index contributed by atoms with van der Waals surface area (Å²) in [5.74, 6) is -2.48. The van der Waals surface area contributed by atoms with Crippen LogP contribution in [-0.2, 0) is 19.3 Å². The molecule has 0 spiro atoms. The number of ether oxygens (including phenoxy) is 2. The Labute approximate surface area is 173 Å². The fraction of sp³-hybridized carbons (Fsp3) is 0.333. The average molecular weight is 441 g/mol. The van der Waals surface area contributed by atoms with Crippen molar-refractivity contribution >= 4 is 21.4 Å². The van der Waals surface area contributed by atoms with Gasteiger partial charge in [-0.3, -0.25) is 0 Å². The number of hydrogen-bond donors (Lipinski definition) is 0. The maximum Gasteiger partial charge on any atom is 0.188 e. The molecule has 0 amide bonds. The number of halogens is 3. The average Bonchev–Trinajstić information content (AvgIpc) is 2.70. The van der Waals surface area contributed by atoms with Gasteiger partial charge in [0.15, 0.2) is 21.4 Å². The van der Waals surface area contributed by atoms with E-state index < -0.39 is 32.1 Å². The molecule has 1 aliphatic heterocycles. The summed E-state index contributed by atoms with van der Waals surface area (Å²) < 4.78 is 66.3. The molecule has 4 nitrogen and oxygen atoms in total. The standard InChI is InChI=1S/C21H19ClF2O4S/c1-27-11-13-8-9-21(29(25,26)16-4-2-15(22)3-5-16)14(10-13)12-28-20-18(24)7-6-17(23)19(20)21/h2-7,11,14H,8-10,12H2,1H3/t14-,21+/m1/s1. The molecule has 1 saturated carbocycles. The molecule has 2 aromatic rings. The van der Waals surface area contributed by atoms with Crippen LogP contribution in [-0.4, -0.2) is 22.1 Å². The second-order valence-corrected chi connectivity index (χ2v) is 9.95. The van der Waals surface area contributed by atoms with Crippen molar-refractivity contribution < 1.29 is 26.7 Å². The number of benzene rings is 2. The molecular formula is C21H19ClF2O4S. The molecule has 0 unspecified atom stereocenters. The highest BCUT2D eigenvalue weighted by molar-refractivity contribution is 7.92. The molecule has 4 rings (SSSR count). The summed E-state index contributed by atoms with van der Waals surface area (Å²) in [6.45, 7) is -0.0404. The van der Waals surface area contributed by atoms with Crippen LogP contribution >= 0.6 is 11.6 Å². The predicted molar refractivity (Wildman–Crippen MR) is 105 cm³/mol. The molecule has 2 aromatic carbocycles. The van der Waals surface area contributed by atoms with Crippen molar-refractivity contribution in [2.75, 3.05) is 13.7 Å². The summed E-state index contributed by atoms with van der Waals surface area (Å²) >= 11 is 5.92. The smallest absolute Gasteiger partial charge is 0.188 e. The number of allylic oxidation sites excluding steroid dienone is 1. The molecule has 29 heavy (non-hydrogen) atoms. The number of fused-ring (bicyclic) bond motifs is 3. The third kappa shape index (κ3) is 3.02. The summed E-state index contributed by atoms with van der Waals surface area (Å²) in [6, 6.07) is 7.66. The molecule has 0 N–H and O–H groups in total. The number of sulfone groups is 1. The van der Waals surface area contributed by atoms with E-state index in [4.69, 9.17) is 21.1 Å². The molecular weight excluding hydrogens is 422 g/mol. The fourth-order valence-corrected chi connectivity index (χ4v) is 6.96. The maximum absolute atomic E-state index is 15.1. The largest absolute Gasteiger partial charge is 0.504 e. The van der Waals surface area contributed by atoms with E-state index in [0.29, 0.717) is 17.9 Å². The molecule has 8 heteroatoms. The van der Waals surface area contributed by atoms with Gasteiger partial charge in [0.1, 0.15) is 10.6 Å².